The molecule has 0 bridgehead atoms. The van der Waals surface area contributed by atoms with E-state index in [-0.39, 0.29) is 43.0 Å². The minimum atomic E-state index is -0.668. The molecule has 2 N–H and O–H groups in total. The SMILES string of the molecule is CCn1c(=O)c(C(=O)CN2CCCCC2C(=O)N2CCCC2)c(N)n(Cc2ccccc2)c1=O. The van der Waals surface area contributed by atoms with E-state index in [4.69, 9.17) is 5.73 Å². The van der Waals surface area contributed by atoms with Gasteiger partial charge < -0.3 is 10.6 Å². The van der Waals surface area contributed by atoms with Gasteiger partial charge in [-0.05, 0) is 44.7 Å². The number of nitrogens with two attached hydrogens (primary N) is 1. The number of ketones is 1. The monoisotopic (exact) mass is 467 g/mol. The summed E-state index contributed by atoms with van der Waals surface area (Å²) in [6.45, 7) is 4.04. The number of Topliss-reactive ketones (excluding diaryl/α,β-unsaturated/α-hetero) is 1. The summed E-state index contributed by atoms with van der Waals surface area (Å²) >= 11 is 0. The summed E-state index contributed by atoms with van der Waals surface area (Å²) in [5.41, 5.74) is 5.75. The van der Waals surface area contributed by atoms with Crippen LogP contribution in [0.15, 0.2) is 39.9 Å². The summed E-state index contributed by atoms with van der Waals surface area (Å²) in [7, 11) is 0. The van der Waals surface area contributed by atoms with E-state index in [9.17, 15) is 19.2 Å². The van der Waals surface area contributed by atoms with Crippen molar-refractivity contribution in [1.29, 1.82) is 0 Å². The van der Waals surface area contributed by atoms with Gasteiger partial charge in [0.25, 0.3) is 5.56 Å². The van der Waals surface area contributed by atoms with Crippen molar-refractivity contribution < 1.29 is 9.59 Å². The van der Waals surface area contributed by atoms with E-state index < -0.39 is 17.0 Å². The van der Waals surface area contributed by atoms with Crippen LogP contribution in [-0.4, -0.2) is 62.8 Å². The number of hydrogen-bond acceptors (Lipinski definition) is 6. The molecule has 2 aliphatic rings. The fraction of sp³-hybridized carbons (Fsp3) is 0.520. The van der Waals surface area contributed by atoms with Crippen molar-refractivity contribution in [1.82, 2.24) is 18.9 Å². The standard InChI is InChI=1S/C25H33N5O4/c1-2-29-24(33)21(22(26)30(25(29)34)16-18-10-4-3-5-11-18)20(31)17-28-15-7-6-12-19(28)23(32)27-13-8-9-14-27/h3-5,10-11,19H,2,6-9,12-17,26H2,1H3. The second-order valence-corrected chi connectivity index (χ2v) is 9.10. The maximum atomic E-state index is 13.5. The van der Waals surface area contributed by atoms with E-state index in [1.54, 1.807) is 6.92 Å². The van der Waals surface area contributed by atoms with Crippen LogP contribution in [0.25, 0.3) is 0 Å². The molecule has 0 aliphatic carbocycles. The van der Waals surface area contributed by atoms with Crippen LogP contribution in [0.1, 0.15) is 54.9 Å². The maximum Gasteiger partial charge on any atom is 0.332 e. The predicted molar refractivity (Wildman–Crippen MR) is 130 cm³/mol. The Morgan fingerprint density at radius 2 is 1.65 bits per heavy atom. The van der Waals surface area contributed by atoms with Gasteiger partial charge in [-0.25, -0.2) is 4.79 Å². The molecule has 1 aromatic carbocycles. The van der Waals surface area contributed by atoms with Crippen LogP contribution in [0.5, 0.6) is 0 Å². The van der Waals surface area contributed by atoms with Gasteiger partial charge >= 0.3 is 5.69 Å². The molecule has 1 atom stereocenters. The van der Waals surface area contributed by atoms with Crippen molar-refractivity contribution in [3.8, 4) is 0 Å². The zero-order chi connectivity index (χ0) is 24.2. The number of nitrogens with zero attached hydrogens (tertiary/aromatic N) is 4. The van der Waals surface area contributed by atoms with Gasteiger partial charge in [0.1, 0.15) is 11.4 Å². The summed E-state index contributed by atoms with van der Waals surface area (Å²) in [5.74, 6) is -0.501. The third-order valence-electron chi connectivity index (χ3n) is 6.91. The molecule has 0 saturated carbocycles. The number of rotatable bonds is 7. The van der Waals surface area contributed by atoms with E-state index >= 15 is 0 Å². The van der Waals surface area contributed by atoms with E-state index in [0.717, 1.165) is 48.9 Å². The summed E-state index contributed by atoms with van der Waals surface area (Å²) < 4.78 is 2.34. The lowest BCUT2D eigenvalue weighted by Gasteiger charge is -2.36. The Morgan fingerprint density at radius 1 is 0.971 bits per heavy atom. The van der Waals surface area contributed by atoms with Crippen molar-refractivity contribution in [3.05, 3.63) is 62.3 Å². The molecule has 0 radical (unpaired) electrons. The highest BCUT2D eigenvalue weighted by Crippen LogP contribution is 2.22. The van der Waals surface area contributed by atoms with Gasteiger partial charge in [-0.1, -0.05) is 36.8 Å². The average molecular weight is 468 g/mol. The quantitative estimate of drug-likeness (QED) is 0.615. The Hall–Kier alpha value is -3.20. The van der Waals surface area contributed by atoms with E-state index in [2.05, 4.69) is 0 Å². The molecule has 2 aromatic rings. The predicted octanol–water partition coefficient (Wildman–Crippen LogP) is 1.32. The number of carbonyl (C=O) groups is 2. The number of aromatic nitrogens is 2. The van der Waals surface area contributed by atoms with E-state index in [0.29, 0.717) is 13.0 Å². The number of benzene rings is 1. The lowest BCUT2D eigenvalue weighted by atomic mass is 9.99. The summed E-state index contributed by atoms with van der Waals surface area (Å²) in [6, 6.07) is 8.93. The molecule has 1 aromatic heterocycles. The van der Waals surface area contributed by atoms with Gasteiger partial charge in [0.05, 0.1) is 19.1 Å². The van der Waals surface area contributed by atoms with Crippen LogP contribution in [0.2, 0.25) is 0 Å². The van der Waals surface area contributed by atoms with Crippen molar-refractivity contribution >= 4 is 17.5 Å². The highest BCUT2D eigenvalue weighted by Gasteiger charge is 2.35. The molecule has 182 valence electrons. The topological polar surface area (TPSA) is 111 Å². The molecule has 2 aliphatic heterocycles. The van der Waals surface area contributed by atoms with Crippen LogP contribution in [0, 0.1) is 0 Å². The van der Waals surface area contributed by atoms with Gasteiger partial charge in [0.2, 0.25) is 5.91 Å². The summed E-state index contributed by atoms with van der Waals surface area (Å²) in [6.07, 6.45) is 4.53. The Kier molecular flexibility index (Phi) is 7.31. The zero-order valence-corrected chi connectivity index (χ0v) is 19.7. The zero-order valence-electron chi connectivity index (χ0n) is 19.7. The number of hydrogen-bond donors (Lipinski definition) is 1. The second kappa shape index (κ2) is 10.4. The molecule has 2 saturated heterocycles. The minimum Gasteiger partial charge on any atom is -0.384 e. The lowest BCUT2D eigenvalue weighted by Crippen LogP contribution is -2.52. The average Bonchev–Trinajstić information content (AvgIpc) is 3.38. The minimum absolute atomic E-state index is 0.0676. The van der Waals surface area contributed by atoms with Crippen LogP contribution < -0.4 is 17.0 Å². The van der Waals surface area contributed by atoms with Crippen molar-refractivity contribution in [3.63, 3.8) is 0 Å². The summed E-state index contributed by atoms with van der Waals surface area (Å²) in [4.78, 5) is 56.4. The van der Waals surface area contributed by atoms with E-state index in [1.807, 2.05) is 40.1 Å². The molecule has 1 unspecified atom stereocenters. The lowest BCUT2D eigenvalue weighted by molar-refractivity contribution is -0.136. The fourth-order valence-electron chi connectivity index (χ4n) is 5.05. The van der Waals surface area contributed by atoms with Crippen molar-refractivity contribution in [2.75, 3.05) is 31.9 Å². The van der Waals surface area contributed by atoms with Crippen LogP contribution in [-0.2, 0) is 17.9 Å². The number of piperidine rings is 1. The number of anilines is 1. The Balaban J connectivity index is 1.65. The summed E-state index contributed by atoms with van der Waals surface area (Å²) in [5, 5.41) is 0. The molecule has 1 amide bonds. The fourth-order valence-corrected chi connectivity index (χ4v) is 5.05. The smallest absolute Gasteiger partial charge is 0.332 e. The molecule has 2 fully saturated rings. The number of likely N-dealkylation sites (tertiary alicyclic amines) is 2. The van der Waals surface area contributed by atoms with E-state index in [1.165, 1.54) is 4.57 Å². The highest BCUT2D eigenvalue weighted by atomic mass is 16.2. The molecule has 9 nitrogen and oxygen atoms in total. The Labute approximate surface area is 198 Å². The van der Waals surface area contributed by atoms with Gasteiger partial charge in [0, 0.05) is 19.6 Å². The number of carbonyl (C=O) groups excluding carboxylic acids is 2. The third kappa shape index (κ3) is 4.70. The van der Waals surface area contributed by atoms with Gasteiger partial charge in [0.15, 0.2) is 5.78 Å². The molecule has 34 heavy (non-hydrogen) atoms. The van der Waals surface area contributed by atoms with Crippen LogP contribution in [0.4, 0.5) is 5.82 Å². The molecule has 0 spiro atoms. The second-order valence-electron chi connectivity index (χ2n) is 9.10. The first kappa shape index (κ1) is 23.9. The first-order valence-corrected chi connectivity index (χ1v) is 12.2. The van der Waals surface area contributed by atoms with Gasteiger partial charge in [-0.3, -0.25) is 28.4 Å². The molecule has 9 heteroatoms. The third-order valence-corrected chi connectivity index (χ3v) is 6.91. The number of nitrogen functional groups attached to an aromatic ring is 1. The molecule has 4 rings (SSSR count). The van der Waals surface area contributed by atoms with Crippen LogP contribution in [0.3, 0.4) is 0 Å². The molecular formula is C25H33N5O4. The molecule has 3 heterocycles. The first-order chi connectivity index (χ1) is 16.4. The van der Waals surface area contributed by atoms with Crippen molar-refractivity contribution in [2.24, 2.45) is 0 Å². The molecular weight excluding hydrogens is 434 g/mol. The largest absolute Gasteiger partial charge is 0.384 e. The Bertz CT molecular complexity index is 1160. The van der Waals surface area contributed by atoms with Gasteiger partial charge in [-0.15, -0.1) is 0 Å². The number of amides is 1. The first-order valence-electron chi connectivity index (χ1n) is 12.2. The van der Waals surface area contributed by atoms with Gasteiger partial charge in [-0.2, -0.15) is 0 Å². The Morgan fingerprint density at radius 3 is 2.32 bits per heavy atom. The normalized spacial score (nSPS) is 18.9. The highest BCUT2D eigenvalue weighted by molar-refractivity contribution is 6.01. The van der Waals surface area contributed by atoms with Crippen molar-refractivity contribution in [2.45, 2.75) is 58.2 Å². The maximum absolute atomic E-state index is 13.5. The van der Waals surface area contributed by atoms with Crippen LogP contribution >= 0.6 is 0 Å².